The van der Waals surface area contributed by atoms with Crippen molar-refractivity contribution >= 4 is 40.7 Å². The number of aromatic nitrogens is 1. The molecule has 2 rings (SSSR count). The summed E-state index contributed by atoms with van der Waals surface area (Å²) in [7, 11) is 0. The molecule has 1 aromatic carbocycles. The minimum Gasteiger partial charge on any atom is -0.351 e. The summed E-state index contributed by atoms with van der Waals surface area (Å²) in [5.41, 5.74) is 1.39. The third kappa shape index (κ3) is 6.20. The molecule has 27 heavy (non-hydrogen) atoms. The third-order valence-electron chi connectivity index (χ3n) is 4.07. The highest BCUT2D eigenvalue weighted by molar-refractivity contribution is 6.41. The largest absolute Gasteiger partial charge is 0.351 e. The van der Waals surface area contributed by atoms with Crippen LogP contribution in [0.4, 0.5) is 5.69 Å². The second-order valence-corrected chi connectivity index (χ2v) is 6.58. The van der Waals surface area contributed by atoms with Crippen molar-refractivity contribution in [2.75, 3.05) is 31.5 Å². The summed E-state index contributed by atoms with van der Waals surface area (Å²) in [6, 6.07) is 8.11. The van der Waals surface area contributed by atoms with Crippen LogP contribution >= 0.6 is 23.2 Å². The highest BCUT2D eigenvalue weighted by Gasteiger charge is 2.11. The Morgan fingerprint density at radius 2 is 1.70 bits per heavy atom. The maximum absolute atomic E-state index is 12.2. The molecule has 0 saturated carbocycles. The van der Waals surface area contributed by atoms with E-state index in [0.29, 0.717) is 23.4 Å². The van der Waals surface area contributed by atoms with E-state index in [2.05, 4.69) is 34.4 Å². The first-order valence-electron chi connectivity index (χ1n) is 8.67. The summed E-state index contributed by atoms with van der Waals surface area (Å²) in [5, 5.41) is 5.97. The highest BCUT2D eigenvalue weighted by Crippen LogP contribution is 2.20. The molecule has 8 heteroatoms. The number of carbonyl (C=O) groups is 2. The SMILES string of the molecule is CCN(CC)CCNC(=O)c1ccc(NC(=O)c2cnc(Cl)c(Cl)c2)cc1. The van der Waals surface area contributed by atoms with Crippen molar-refractivity contribution in [2.45, 2.75) is 13.8 Å². The molecule has 1 heterocycles. The summed E-state index contributed by atoms with van der Waals surface area (Å²) in [6.45, 7) is 7.48. The van der Waals surface area contributed by atoms with Crippen LogP contribution in [0.1, 0.15) is 34.6 Å². The monoisotopic (exact) mass is 408 g/mol. The van der Waals surface area contributed by atoms with E-state index in [1.54, 1.807) is 24.3 Å². The van der Waals surface area contributed by atoms with Crippen molar-refractivity contribution in [3.05, 3.63) is 57.8 Å². The topological polar surface area (TPSA) is 74.3 Å². The molecule has 1 aromatic heterocycles. The molecule has 0 fully saturated rings. The maximum Gasteiger partial charge on any atom is 0.257 e. The van der Waals surface area contributed by atoms with Gasteiger partial charge in [0.1, 0.15) is 5.15 Å². The number of halogens is 2. The van der Waals surface area contributed by atoms with E-state index in [0.717, 1.165) is 19.6 Å². The van der Waals surface area contributed by atoms with Gasteiger partial charge in [-0.2, -0.15) is 0 Å². The molecule has 2 amide bonds. The van der Waals surface area contributed by atoms with E-state index in [1.165, 1.54) is 12.3 Å². The number of anilines is 1. The van der Waals surface area contributed by atoms with Crippen LogP contribution in [0, 0.1) is 0 Å². The molecular formula is C19H22Cl2N4O2. The van der Waals surface area contributed by atoms with Crippen molar-refractivity contribution in [2.24, 2.45) is 0 Å². The average Bonchev–Trinajstić information content (AvgIpc) is 2.67. The molecule has 144 valence electrons. The van der Waals surface area contributed by atoms with Crippen molar-refractivity contribution in [3.63, 3.8) is 0 Å². The summed E-state index contributed by atoms with van der Waals surface area (Å²) in [4.78, 5) is 30.5. The lowest BCUT2D eigenvalue weighted by molar-refractivity contribution is 0.0948. The zero-order chi connectivity index (χ0) is 19.8. The third-order valence-corrected chi connectivity index (χ3v) is 4.76. The number of carbonyl (C=O) groups excluding carboxylic acids is 2. The molecule has 0 unspecified atom stereocenters. The quantitative estimate of drug-likeness (QED) is 0.652. The van der Waals surface area contributed by atoms with Crippen molar-refractivity contribution in [1.29, 1.82) is 0 Å². The van der Waals surface area contributed by atoms with Gasteiger partial charge in [-0.05, 0) is 43.4 Å². The van der Waals surface area contributed by atoms with Gasteiger partial charge >= 0.3 is 0 Å². The molecule has 2 N–H and O–H groups in total. The molecule has 0 aliphatic heterocycles. The standard InChI is InChI=1S/C19H22Cl2N4O2/c1-3-25(4-2)10-9-22-18(26)13-5-7-15(8-6-13)24-19(27)14-11-16(20)17(21)23-12-14/h5-8,11-12H,3-4,9-10H2,1-2H3,(H,22,26)(H,24,27). The Morgan fingerprint density at radius 1 is 1.04 bits per heavy atom. The smallest absolute Gasteiger partial charge is 0.257 e. The molecule has 0 bridgehead atoms. The number of amides is 2. The van der Waals surface area contributed by atoms with Crippen LogP contribution in [-0.4, -0.2) is 47.9 Å². The molecular weight excluding hydrogens is 387 g/mol. The number of benzene rings is 1. The van der Waals surface area contributed by atoms with E-state index < -0.39 is 0 Å². The van der Waals surface area contributed by atoms with Gasteiger partial charge in [0.2, 0.25) is 0 Å². The van der Waals surface area contributed by atoms with E-state index in [9.17, 15) is 9.59 Å². The van der Waals surface area contributed by atoms with Crippen LogP contribution < -0.4 is 10.6 Å². The first-order chi connectivity index (χ1) is 12.9. The molecule has 0 spiro atoms. The maximum atomic E-state index is 12.2. The second-order valence-electron chi connectivity index (χ2n) is 5.81. The predicted molar refractivity (Wildman–Crippen MR) is 109 cm³/mol. The van der Waals surface area contributed by atoms with Crippen molar-refractivity contribution < 1.29 is 9.59 Å². The van der Waals surface area contributed by atoms with E-state index in [-0.39, 0.29) is 22.0 Å². The van der Waals surface area contributed by atoms with Gasteiger partial charge in [0.15, 0.2) is 0 Å². The van der Waals surface area contributed by atoms with Gasteiger partial charge in [0.25, 0.3) is 11.8 Å². The zero-order valence-electron chi connectivity index (χ0n) is 15.3. The zero-order valence-corrected chi connectivity index (χ0v) is 16.8. The van der Waals surface area contributed by atoms with Gasteiger partial charge in [0.05, 0.1) is 10.6 Å². The minimum absolute atomic E-state index is 0.143. The predicted octanol–water partition coefficient (Wildman–Crippen LogP) is 3.71. The number of nitrogens with zero attached hydrogens (tertiary/aromatic N) is 2. The van der Waals surface area contributed by atoms with Crippen LogP contribution in [0.2, 0.25) is 10.2 Å². The number of pyridine rings is 1. The Morgan fingerprint density at radius 3 is 2.30 bits per heavy atom. The lowest BCUT2D eigenvalue weighted by Crippen LogP contribution is -2.34. The molecule has 0 saturated heterocycles. The normalized spacial score (nSPS) is 10.7. The minimum atomic E-state index is -0.363. The molecule has 0 radical (unpaired) electrons. The number of rotatable bonds is 8. The van der Waals surface area contributed by atoms with E-state index in [4.69, 9.17) is 23.2 Å². The number of hydrogen-bond acceptors (Lipinski definition) is 4. The molecule has 0 aliphatic carbocycles. The fraction of sp³-hybridized carbons (Fsp3) is 0.316. The van der Waals surface area contributed by atoms with Crippen LogP contribution in [0.3, 0.4) is 0 Å². The number of nitrogens with one attached hydrogen (secondary N) is 2. The van der Waals surface area contributed by atoms with Gasteiger partial charge in [0, 0.05) is 30.5 Å². The molecule has 2 aromatic rings. The average molecular weight is 409 g/mol. The van der Waals surface area contributed by atoms with Gasteiger partial charge in [-0.15, -0.1) is 0 Å². The van der Waals surface area contributed by atoms with Crippen LogP contribution in [0.25, 0.3) is 0 Å². The summed E-state index contributed by atoms with van der Waals surface area (Å²) < 4.78 is 0. The lowest BCUT2D eigenvalue weighted by atomic mass is 10.2. The van der Waals surface area contributed by atoms with Gasteiger partial charge in [-0.25, -0.2) is 4.98 Å². The Balaban J connectivity index is 1.91. The van der Waals surface area contributed by atoms with Crippen LogP contribution in [0.5, 0.6) is 0 Å². The fourth-order valence-corrected chi connectivity index (χ4v) is 2.69. The second kappa shape index (κ2) is 10.3. The Bertz CT molecular complexity index is 793. The van der Waals surface area contributed by atoms with E-state index >= 15 is 0 Å². The number of hydrogen-bond donors (Lipinski definition) is 2. The first kappa shape index (κ1) is 21.2. The summed E-state index contributed by atoms with van der Waals surface area (Å²) in [6.07, 6.45) is 1.35. The fourth-order valence-electron chi connectivity index (χ4n) is 2.42. The van der Waals surface area contributed by atoms with Gasteiger partial charge in [-0.1, -0.05) is 37.0 Å². The molecule has 6 nitrogen and oxygen atoms in total. The Hall–Kier alpha value is -2.15. The van der Waals surface area contributed by atoms with Gasteiger partial charge in [-0.3, -0.25) is 9.59 Å². The lowest BCUT2D eigenvalue weighted by Gasteiger charge is -2.18. The van der Waals surface area contributed by atoms with Crippen molar-refractivity contribution in [3.8, 4) is 0 Å². The highest BCUT2D eigenvalue weighted by atomic mass is 35.5. The van der Waals surface area contributed by atoms with Crippen LogP contribution in [0.15, 0.2) is 36.5 Å². The summed E-state index contributed by atoms with van der Waals surface area (Å²) in [5.74, 6) is -0.508. The Labute approximate surface area is 168 Å². The van der Waals surface area contributed by atoms with E-state index in [1.807, 2.05) is 0 Å². The Kier molecular flexibility index (Phi) is 8.03. The summed E-state index contributed by atoms with van der Waals surface area (Å²) >= 11 is 11.6. The first-order valence-corrected chi connectivity index (χ1v) is 9.43. The molecule has 0 atom stereocenters. The van der Waals surface area contributed by atoms with Crippen molar-refractivity contribution in [1.82, 2.24) is 15.2 Å². The van der Waals surface area contributed by atoms with Gasteiger partial charge < -0.3 is 15.5 Å². The molecule has 0 aliphatic rings. The van der Waals surface area contributed by atoms with Crippen LogP contribution in [-0.2, 0) is 0 Å². The number of likely N-dealkylation sites (N-methyl/N-ethyl adjacent to an activating group) is 1.